The minimum Gasteiger partial charge on any atom is -0.255 e. The molecule has 0 radical (unpaired) electrons. The maximum absolute atomic E-state index is 3.42. The van der Waals surface area contributed by atoms with E-state index in [9.17, 15) is 0 Å². The van der Waals surface area contributed by atoms with Crippen molar-refractivity contribution in [3.05, 3.63) is 0 Å². The van der Waals surface area contributed by atoms with Crippen LogP contribution in [0.3, 0.4) is 0 Å². The van der Waals surface area contributed by atoms with Crippen molar-refractivity contribution in [2.24, 2.45) is 0 Å². The number of unbranched alkanes of at least 4 members (excludes halogenated alkanes) is 9. The Balaban J connectivity index is 1.61. The Bertz CT molecular complexity index is 144. The van der Waals surface area contributed by atoms with E-state index in [1.807, 2.05) is 0 Å². The third-order valence-electron chi connectivity index (χ3n) is 3.31. The van der Waals surface area contributed by atoms with Crippen LogP contribution in [-0.2, 0) is 0 Å². The molecule has 0 amide bonds. The molecule has 1 rings (SSSR count). The van der Waals surface area contributed by atoms with Gasteiger partial charge < -0.3 is 0 Å². The van der Waals surface area contributed by atoms with E-state index in [1.54, 1.807) is 0 Å². The Kier molecular flexibility index (Phi) is 8.83. The molecular formula is C14H30N2. The Hall–Kier alpha value is -0.0800. The highest BCUT2D eigenvalue weighted by atomic mass is 15.6. The number of rotatable bonds is 12. The fourth-order valence-electron chi connectivity index (χ4n) is 2.06. The third-order valence-corrected chi connectivity index (χ3v) is 3.31. The van der Waals surface area contributed by atoms with Gasteiger partial charge in [0.25, 0.3) is 0 Å². The van der Waals surface area contributed by atoms with Crippen LogP contribution in [0.4, 0.5) is 0 Å². The molecule has 16 heavy (non-hydrogen) atoms. The van der Waals surface area contributed by atoms with Crippen molar-refractivity contribution in [3.8, 4) is 0 Å². The van der Waals surface area contributed by atoms with E-state index in [0.717, 1.165) is 0 Å². The van der Waals surface area contributed by atoms with Gasteiger partial charge >= 0.3 is 0 Å². The van der Waals surface area contributed by atoms with Crippen molar-refractivity contribution >= 4 is 0 Å². The number of hydrogen-bond acceptors (Lipinski definition) is 2. The molecule has 2 heteroatoms. The molecule has 0 bridgehead atoms. The molecule has 0 aromatic heterocycles. The Morgan fingerprint density at radius 2 is 1.25 bits per heavy atom. The van der Waals surface area contributed by atoms with Gasteiger partial charge in [0.1, 0.15) is 0 Å². The van der Waals surface area contributed by atoms with E-state index in [4.69, 9.17) is 0 Å². The lowest BCUT2D eigenvalue weighted by Gasteiger charge is -2.04. The first-order chi connectivity index (χ1) is 7.93. The molecule has 1 saturated heterocycles. The number of nitrogens with one attached hydrogen (secondary N) is 1. The second-order valence-corrected chi connectivity index (χ2v) is 5.08. The molecule has 1 aliphatic rings. The first-order valence-corrected chi connectivity index (χ1v) is 7.42. The molecule has 96 valence electrons. The molecular weight excluding hydrogens is 196 g/mol. The Morgan fingerprint density at radius 1 is 0.750 bits per heavy atom. The van der Waals surface area contributed by atoms with Crippen molar-refractivity contribution in [1.29, 1.82) is 0 Å². The van der Waals surface area contributed by atoms with Crippen molar-refractivity contribution < 1.29 is 0 Å². The standard InChI is InChI=1S/C14H30N2/c1-2-3-4-5-6-7-8-9-10-11-12-15-16-13-14-16/h15H,2-14H2,1H3. The average Bonchev–Trinajstić information content (AvgIpc) is 3.10. The van der Waals surface area contributed by atoms with Crippen LogP contribution in [0.15, 0.2) is 0 Å². The molecule has 0 spiro atoms. The second-order valence-electron chi connectivity index (χ2n) is 5.08. The summed E-state index contributed by atoms with van der Waals surface area (Å²) in [7, 11) is 0. The van der Waals surface area contributed by atoms with Crippen LogP contribution < -0.4 is 5.43 Å². The maximum Gasteiger partial charge on any atom is 0.0273 e. The van der Waals surface area contributed by atoms with E-state index in [-0.39, 0.29) is 0 Å². The first kappa shape index (κ1) is 14.0. The summed E-state index contributed by atoms with van der Waals surface area (Å²) in [6.45, 7) is 6.00. The van der Waals surface area contributed by atoms with Gasteiger partial charge in [0.2, 0.25) is 0 Å². The highest BCUT2D eigenvalue weighted by Gasteiger charge is 2.14. The molecule has 1 aliphatic heterocycles. The molecule has 0 atom stereocenters. The van der Waals surface area contributed by atoms with Crippen molar-refractivity contribution in [2.75, 3.05) is 19.6 Å². The second kappa shape index (κ2) is 10.1. The molecule has 1 heterocycles. The van der Waals surface area contributed by atoms with Gasteiger partial charge in [0.15, 0.2) is 0 Å². The predicted molar refractivity (Wildman–Crippen MR) is 71.4 cm³/mol. The topological polar surface area (TPSA) is 15.0 Å². The van der Waals surface area contributed by atoms with E-state index in [1.165, 1.54) is 83.8 Å². The average molecular weight is 226 g/mol. The summed E-state index contributed by atoms with van der Waals surface area (Å²) in [6.07, 6.45) is 14.3. The van der Waals surface area contributed by atoms with Gasteiger partial charge in [-0.05, 0) is 6.42 Å². The predicted octanol–water partition coefficient (Wildman–Crippen LogP) is 3.73. The van der Waals surface area contributed by atoms with Crippen LogP contribution in [0.25, 0.3) is 0 Å². The number of hydrogen-bond donors (Lipinski definition) is 1. The molecule has 1 fully saturated rings. The fraction of sp³-hybridized carbons (Fsp3) is 1.00. The molecule has 1 N–H and O–H groups in total. The SMILES string of the molecule is CCCCCCCCCCCCNN1CC1. The Morgan fingerprint density at radius 3 is 1.75 bits per heavy atom. The zero-order valence-corrected chi connectivity index (χ0v) is 11.1. The monoisotopic (exact) mass is 226 g/mol. The molecule has 0 unspecified atom stereocenters. The van der Waals surface area contributed by atoms with Crippen LogP contribution >= 0.6 is 0 Å². The highest BCUT2D eigenvalue weighted by molar-refractivity contribution is 4.66. The summed E-state index contributed by atoms with van der Waals surface area (Å²) in [5.41, 5.74) is 3.42. The smallest absolute Gasteiger partial charge is 0.0273 e. The third kappa shape index (κ3) is 9.17. The fourth-order valence-corrected chi connectivity index (χ4v) is 2.06. The zero-order valence-electron chi connectivity index (χ0n) is 11.1. The van der Waals surface area contributed by atoms with E-state index in [2.05, 4.69) is 17.4 Å². The minimum absolute atomic E-state index is 1.19. The Labute approximate surface area is 102 Å². The van der Waals surface area contributed by atoms with Crippen LogP contribution in [0, 0.1) is 0 Å². The number of nitrogens with zero attached hydrogens (tertiary/aromatic N) is 1. The van der Waals surface area contributed by atoms with Crippen LogP contribution in [-0.4, -0.2) is 24.6 Å². The summed E-state index contributed by atoms with van der Waals surface area (Å²) in [6, 6.07) is 0. The van der Waals surface area contributed by atoms with Crippen LogP contribution in [0.1, 0.15) is 71.1 Å². The minimum atomic E-state index is 1.19. The van der Waals surface area contributed by atoms with E-state index < -0.39 is 0 Å². The lowest BCUT2D eigenvalue weighted by atomic mass is 10.1. The van der Waals surface area contributed by atoms with Gasteiger partial charge in [-0.1, -0.05) is 64.7 Å². The maximum atomic E-state index is 3.42. The van der Waals surface area contributed by atoms with Gasteiger partial charge in [-0.2, -0.15) is 0 Å². The van der Waals surface area contributed by atoms with E-state index >= 15 is 0 Å². The molecule has 0 aromatic rings. The van der Waals surface area contributed by atoms with Crippen molar-refractivity contribution in [1.82, 2.24) is 10.4 Å². The summed E-state index contributed by atoms with van der Waals surface area (Å²) < 4.78 is 0. The number of hydrazine groups is 1. The van der Waals surface area contributed by atoms with Crippen LogP contribution in [0.2, 0.25) is 0 Å². The normalized spacial score (nSPS) is 15.6. The molecule has 0 aliphatic carbocycles. The van der Waals surface area contributed by atoms with Gasteiger partial charge in [0, 0.05) is 19.6 Å². The van der Waals surface area contributed by atoms with Gasteiger partial charge in [0.05, 0.1) is 0 Å². The van der Waals surface area contributed by atoms with Crippen molar-refractivity contribution in [3.63, 3.8) is 0 Å². The molecule has 2 nitrogen and oxygen atoms in total. The first-order valence-electron chi connectivity index (χ1n) is 7.42. The van der Waals surface area contributed by atoms with E-state index in [0.29, 0.717) is 0 Å². The van der Waals surface area contributed by atoms with Crippen LogP contribution in [0.5, 0.6) is 0 Å². The van der Waals surface area contributed by atoms with Gasteiger partial charge in [-0.15, -0.1) is 0 Å². The lowest BCUT2D eigenvalue weighted by Crippen LogP contribution is -2.21. The lowest BCUT2D eigenvalue weighted by molar-refractivity contribution is 0.392. The molecule has 0 saturated carbocycles. The van der Waals surface area contributed by atoms with Gasteiger partial charge in [-0.25, -0.2) is 5.01 Å². The summed E-state index contributed by atoms with van der Waals surface area (Å²) in [4.78, 5) is 0. The highest BCUT2D eigenvalue weighted by Crippen LogP contribution is 2.10. The van der Waals surface area contributed by atoms with Crippen molar-refractivity contribution in [2.45, 2.75) is 71.1 Å². The van der Waals surface area contributed by atoms with Gasteiger partial charge in [-0.3, -0.25) is 5.43 Å². The summed E-state index contributed by atoms with van der Waals surface area (Å²) in [5.74, 6) is 0. The summed E-state index contributed by atoms with van der Waals surface area (Å²) in [5, 5.41) is 2.29. The quantitative estimate of drug-likeness (QED) is 0.403. The molecule has 0 aromatic carbocycles. The zero-order chi connectivity index (χ0) is 11.5. The largest absolute Gasteiger partial charge is 0.255 e. The summed E-state index contributed by atoms with van der Waals surface area (Å²) >= 11 is 0.